The van der Waals surface area contributed by atoms with Gasteiger partial charge in [0.05, 0.1) is 37.8 Å². The van der Waals surface area contributed by atoms with Crippen LogP contribution in [0, 0.1) is 0 Å². The number of benzene rings is 1. The van der Waals surface area contributed by atoms with E-state index in [2.05, 4.69) is 9.88 Å². The Balaban J connectivity index is 1.22. The molecule has 1 aromatic heterocycles. The lowest BCUT2D eigenvalue weighted by Crippen LogP contribution is -2.48. The summed E-state index contributed by atoms with van der Waals surface area (Å²) in [5.41, 5.74) is 0.895. The molecule has 8 nitrogen and oxygen atoms in total. The Morgan fingerprint density at radius 2 is 1.88 bits per heavy atom. The molecular formula is C24H26N4O4. The van der Waals surface area contributed by atoms with E-state index in [4.69, 9.17) is 9.47 Å². The Morgan fingerprint density at radius 3 is 2.62 bits per heavy atom. The van der Waals surface area contributed by atoms with Crippen molar-refractivity contribution in [1.82, 2.24) is 14.8 Å². The van der Waals surface area contributed by atoms with Crippen LogP contribution < -0.4 is 4.90 Å². The van der Waals surface area contributed by atoms with Gasteiger partial charge in [0.25, 0.3) is 5.91 Å². The summed E-state index contributed by atoms with van der Waals surface area (Å²) in [7, 11) is 0. The van der Waals surface area contributed by atoms with Gasteiger partial charge in [0.15, 0.2) is 5.72 Å². The largest absolute Gasteiger partial charge is 0.378 e. The number of morpholine rings is 1. The molecule has 0 N–H and O–H groups in total. The van der Waals surface area contributed by atoms with Crippen LogP contribution in [0.5, 0.6) is 0 Å². The monoisotopic (exact) mass is 434 g/mol. The minimum absolute atomic E-state index is 0.0618. The fraction of sp³-hybridized carbons (Fsp3) is 0.458. The van der Waals surface area contributed by atoms with Crippen molar-refractivity contribution in [1.29, 1.82) is 0 Å². The molecule has 0 saturated carbocycles. The van der Waals surface area contributed by atoms with Crippen molar-refractivity contribution in [3.05, 3.63) is 59.8 Å². The Kier molecular flexibility index (Phi) is 4.66. The van der Waals surface area contributed by atoms with Crippen LogP contribution >= 0.6 is 0 Å². The van der Waals surface area contributed by atoms with E-state index in [0.717, 1.165) is 24.5 Å². The number of likely N-dealkylation sites (tertiary alicyclic amines) is 1. The van der Waals surface area contributed by atoms with Gasteiger partial charge in [0.2, 0.25) is 5.91 Å². The summed E-state index contributed by atoms with van der Waals surface area (Å²) in [4.78, 5) is 36.6. The van der Waals surface area contributed by atoms with E-state index in [0.29, 0.717) is 44.7 Å². The third-order valence-corrected chi connectivity index (χ3v) is 7.19. The van der Waals surface area contributed by atoms with Crippen molar-refractivity contribution in [2.24, 2.45) is 0 Å². The first-order valence-electron chi connectivity index (χ1n) is 11.3. The zero-order chi connectivity index (χ0) is 21.7. The number of ether oxygens (including phenoxy) is 2. The summed E-state index contributed by atoms with van der Waals surface area (Å²) >= 11 is 0. The highest BCUT2D eigenvalue weighted by atomic mass is 16.5. The summed E-state index contributed by atoms with van der Waals surface area (Å²) in [6, 6.07) is 13.5. The van der Waals surface area contributed by atoms with Crippen molar-refractivity contribution in [2.75, 3.05) is 44.3 Å². The molecule has 2 amide bonds. The van der Waals surface area contributed by atoms with E-state index >= 15 is 0 Å². The molecule has 5 heterocycles. The highest BCUT2D eigenvalue weighted by molar-refractivity contribution is 5.95. The first-order valence-corrected chi connectivity index (χ1v) is 11.3. The fourth-order valence-corrected chi connectivity index (χ4v) is 5.57. The molecule has 166 valence electrons. The molecule has 1 spiro atoms. The van der Waals surface area contributed by atoms with Crippen LogP contribution in [0.2, 0.25) is 0 Å². The van der Waals surface area contributed by atoms with E-state index in [-0.39, 0.29) is 24.0 Å². The number of hydrogen-bond acceptors (Lipinski definition) is 6. The minimum atomic E-state index is -0.714. The molecule has 32 heavy (non-hydrogen) atoms. The second-order valence-corrected chi connectivity index (χ2v) is 8.84. The molecule has 6 rings (SSSR count). The van der Waals surface area contributed by atoms with Gasteiger partial charge in [0.1, 0.15) is 11.9 Å². The third kappa shape index (κ3) is 3.01. The summed E-state index contributed by atoms with van der Waals surface area (Å²) in [6.45, 7) is 4.09. The molecule has 3 atom stereocenters. The second kappa shape index (κ2) is 7.56. The molecule has 4 aliphatic heterocycles. The summed E-state index contributed by atoms with van der Waals surface area (Å²) in [5.74, 6) is 0.829. The second-order valence-electron chi connectivity index (χ2n) is 8.84. The maximum atomic E-state index is 13.4. The zero-order valence-corrected chi connectivity index (χ0v) is 17.9. The van der Waals surface area contributed by atoms with Gasteiger partial charge < -0.3 is 24.2 Å². The Labute approximate surface area is 186 Å². The number of amides is 2. The van der Waals surface area contributed by atoms with Crippen molar-refractivity contribution >= 4 is 17.6 Å². The average Bonchev–Trinajstić information content (AvgIpc) is 3.48. The molecule has 4 saturated heterocycles. The fourth-order valence-electron chi connectivity index (χ4n) is 5.57. The smallest absolute Gasteiger partial charge is 0.255 e. The first-order chi connectivity index (χ1) is 15.7. The molecule has 0 unspecified atom stereocenters. The van der Waals surface area contributed by atoms with Gasteiger partial charge in [-0.15, -0.1) is 0 Å². The SMILES string of the molecule is O=C(c1ccc(N2CCOCC2)nc1)N1CC[C@@]23O[C@@H](c4ccccc4)CN2C(=O)C[C@@H]13. The number of aromatic nitrogens is 1. The minimum Gasteiger partial charge on any atom is -0.378 e. The van der Waals surface area contributed by atoms with Gasteiger partial charge >= 0.3 is 0 Å². The number of rotatable bonds is 3. The Bertz CT molecular complexity index is 1020. The van der Waals surface area contributed by atoms with E-state index in [1.54, 1.807) is 6.20 Å². The zero-order valence-electron chi connectivity index (χ0n) is 17.9. The van der Waals surface area contributed by atoms with Gasteiger partial charge in [0, 0.05) is 32.3 Å². The van der Waals surface area contributed by atoms with Gasteiger partial charge in [-0.3, -0.25) is 9.59 Å². The van der Waals surface area contributed by atoms with Crippen LogP contribution in [-0.2, 0) is 14.3 Å². The molecule has 4 aliphatic rings. The quantitative estimate of drug-likeness (QED) is 0.734. The highest BCUT2D eigenvalue weighted by Crippen LogP contribution is 2.50. The highest BCUT2D eigenvalue weighted by Gasteiger charge is 2.65. The number of nitrogens with zero attached hydrogens (tertiary/aromatic N) is 4. The third-order valence-electron chi connectivity index (χ3n) is 7.19. The molecule has 2 aromatic rings. The predicted molar refractivity (Wildman–Crippen MR) is 116 cm³/mol. The van der Waals surface area contributed by atoms with Crippen LogP contribution in [-0.4, -0.2) is 77.8 Å². The lowest BCUT2D eigenvalue weighted by atomic mass is 10.1. The lowest BCUT2D eigenvalue weighted by Gasteiger charge is -2.32. The molecule has 1 aromatic carbocycles. The van der Waals surface area contributed by atoms with Crippen LogP contribution in [0.25, 0.3) is 0 Å². The number of carbonyl (C=O) groups excluding carboxylic acids is 2. The normalized spacial score (nSPS) is 29.4. The van der Waals surface area contributed by atoms with Gasteiger partial charge in [-0.25, -0.2) is 4.98 Å². The number of anilines is 1. The lowest BCUT2D eigenvalue weighted by molar-refractivity contribution is -0.138. The molecule has 0 radical (unpaired) electrons. The van der Waals surface area contributed by atoms with Crippen molar-refractivity contribution < 1.29 is 19.1 Å². The molecule has 4 fully saturated rings. The van der Waals surface area contributed by atoms with Crippen LogP contribution in [0.1, 0.15) is 34.9 Å². The number of hydrogen-bond donors (Lipinski definition) is 0. The summed E-state index contributed by atoms with van der Waals surface area (Å²) in [5, 5.41) is 0. The molecule has 0 bridgehead atoms. The summed E-state index contributed by atoms with van der Waals surface area (Å²) < 4.78 is 11.9. The van der Waals surface area contributed by atoms with E-state index in [9.17, 15) is 9.59 Å². The van der Waals surface area contributed by atoms with Crippen molar-refractivity contribution in [3.8, 4) is 0 Å². The Morgan fingerprint density at radius 1 is 1.06 bits per heavy atom. The molecule has 8 heteroatoms. The topological polar surface area (TPSA) is 75.2 Å². The maximum Gasteiger partial charge on any atom is 0.255 e. The standard InChI is InChI=1S/C24H26N4O4/c29-22-14-20-24(28(22)16-19(32-24)17-4-2-1-3-5-17)8-9-27(20)23(30)18-6-7-21(25-15-18)26-10-12-31-13-11-26/h1-7,15,19-20H,8-14,16H2/t19-,20-,24+/m1/s1. The van der Waals surface area contributed by atoms with Crippen LogP contribution in [0.15, 0.2) is 48.7 Å². The van der Waals surface area contributed by atoms with Crippen molar-refractivity contribution in [3.63, 3.8) is 0 Å². The molecular weight excluding hydrogens is 408 g/mol. The van der Waals surface area contributed by atoms with E-state index in [1.807, 2.05) is 52.3 Å². The molecule has 0 aliphatic carbocycles. The first kappa shape index (κ1) is 19.7. The van der Waals surface area contributed by atoms with Crippen LogP contribution in [0.3, 0.4) is 0 Å². The van der Waals surface area contributed by atoms with Crippen LogP contribution in [0.4, 0.5) is 5.82 Å². The average molecular weight is 434 g/mol. The number of pyridine rings is 1. The van der Waals surface area contributed by atoms with E-state index in [1.165, 1.54) is 0 Å². The summed E-state index contributed by atoms with van der Waals surface area (Å²) in [6.07, 6.45) is 2.44. The van der Waals surface area contributed by atoms with Gasteiger partial charge in [-0.05, 0) is 17.7 Å². The Hall–Kier alpha value is -2.97. The number of carbonyl (C=O) groups is 2. The van der Waals surface area contributed by atoms with Gasteiger partial charge in [-0.2, -0.15) is 0 Å². The maximum absolute atomic E-state index is 13.4. The van der Waals surface area contributed by atoms with Gasteiger partial charge in [-0.1, -0.05) is 30.3 Å². The van der Waals surface area contributed by atoms with E-state index < -0.39 is 5.72 Å². The van der Waals surface area contributed by atoms with Crippen molar-refractivity contribution in [2.45, 2.75) is 30.7 Å². The predicted octanol–water partition coefficient (Wildman–Crippen LogP) is 1.83.